The third-order valence-corrected chi connectivity index (χ3v) is 16.1. The Labute approximate surface area is 305 Å². The number of aliphatic hydroxyl groups excluding tert-OH is 1. The van der Waals surface area contributed by atoms with Crippen LogP contribution < -0.4 is 25.1 Å². The van der Waals surface area contributed by atoms with E-state index in [1.807, 2.05) is 65.6 Å². The monoisotopic (exact) mass is 721 g/mol. The predicted molar refractivity (Wildman–Crippen MR) is 202 cm³/mol. The van der Waals surface area contributed by atoms with Crippen LogP contribution in [0, 0.1) is 5.92 Å². The molecule has 3 aliphatic heterocycles. The molecule has 3 aliphatic rings. The summed E-state index contributed by atoms with van der Waals surface area (Å²) >= 11 is 0. The number of aliphatic hydroxyl groups is 1. The number of para-hydroxylation sites is 1. The maximum Gasteiger partial charge on any atom is 0.297 e. The topological polar surface area (TPSA) is 111 Å². The Bertz CT molecular complexity index is 2010. The van der Waals surface area contributed by atoms with Gasteiger partial charge in [-0.25, -0.2) is 0 Å². The second-order valence-electron chi connectivity index (χ2n) is 14.8. The van der Waals surface area contributed by atoms with Gasteiger partial charge in [0.1, 0.15) is 5.75 Å². The van der Waals surface area contributed by atoms with Crippen LogP contribution in [-0.2, 0) is 26.5 Å². The van der Waals surface area contributed by atoms with Crippen molar-refractivity contribution in [2.45, 2.75) is 69.1 Å². The number of fused-ring (bicyclic) bond motifs is 2. The van der Waals surface area contributed by atoms with Crippen LogP contribution in [0.15, 0.2) is 95.9 Å². The van der Waals surface area contributed by atoms with Gasteiger partial charge in [-0.05, 0) is 66.4 Å². The summed E-state index contributed by atoms with van der Waals surface area (Å²) in [4.78, 5) is 45.6. The molecule has 52 heavy (non-hydrogen) atoms. The van der Waals surface area contributed by atoms with Crippen molar-refractivity contribution in [2.75, 3.05) is 32.3 Å². The summed E-state index contributed by atoms with van der Waals surface area (Å²) in [5.41, 5.74) is 1.58. The van der Waals surface area contributed by atoms with E-state index in [4.69, 9.17) is 14.2 Å². The van der Waals surface area contributed by atoms with Crippen molar-refractivity contribution in [3.05, 3.63) is 113 Å². The molecule has 4 aromatic rings. The highest BCUT2D eigenvalue weighted by Crippen LogP contribution is 2.60. The number of hydrogen-bond donors (Lipinski definition) is 1. The lowest BCUT2D eigenvalue weighted by molar-refractivity contribution is -0.150. The number of carbonyl (C=O) groups is 2. The van der Waals surface area contributed by atoms with Crippen molar-refractivity contribution in [2.24, 2.45) is 5.92 Å². The Morgan fingerprint density at radius 1 is 0.962 bits per heavy atom. The van der Waals surface area contributed by atoms with Crippen molar-refractivity contribution >= 4 is 30.8 Å². The van der Waals surface area contributed by atoms with Crippen LogP contribution in [0.1, 0.15) is 37.3 Å². The maximum atomic E-state index is 15.1. The molecular weight excluding hydrogens is 675 g/mol. The van der Waals surface area contributed by atoms with E-state index in [0.717, 1.165) is 35.4 Å². The summed E-state index contributed by atoms with van der Waals surface area (Å²) in [7, 11) is 0.687. The number of benzene rings is 3. The third kappa shape index (κ3) is 5.84. The van der Waals surface area contributed by atoms with Gasteiger partial charge < -0.3 is 29.1 Å². The molecule has 4 heterocycles. The Hall–Kier alpha value is -4.71. The van der Waals surface area contributed by atoms with Gasteiger partial charge in [0.15, 0.2) is 11.4 Å². The number of hydrogen-bond acceptors (Lipinski definition) is 7. The molecule has 11 heteroatoms. The van der Waals surface area contributed by atoms with Crippen LogP contribution in [0.3, 0.4) is 0 Å². The van der Waals surface area contributed by atoms with E-state index in [1.54, 1.807) is 30.3 Å². The second kappa shape index (κ2) is 14.0. The van der Waals surface area contributed by atoms with Crippen LogP contribution in [-0.4, -0.2) is 74.0 Å². The van der Waals surface area contributed by atoms with Gasteiger partial charge in [-0.15, -0.1) is 0 Å². The zero-order valence-electron chi connectivity index (χ0n) is 30.5. The molecule has 1 aromatic heterocycles. The van der Waals surface area contributed by atoms with Gasteiger partial charge in [-0.3, -0.25) is 19.0 Å². The minimum absolute atomic E-state index is 0.0406. The Balaban J connectivity index is 1.24. The molecule has 0 aliphatic carbocycles. The number of anilines is 1. The lowest BCUT2D eigenvalue weighted by Gasteiger charge is -2.37. The van der Waals surface area contributed by atoms with Gasteiger partial charge in [0, 0.05) is 29.9 Å². The van der Waals surface area contributed by atoms with E-state index in [1.165, 1.54) is 16.9 Å². The molecule has 3 aromatic carbocycles. The van der Waals surface area contributed by atoms with E-state index in [2.05, 4.69) is 32.2 Å². The first-order valence-corrected chi connectivity index (χ1v) is 21.1. The van der Waals surface area contributed by atoms with E-state index in [0.29, 0.717) is 18.8 Å². The molecule has 0 saturated carbocycles. The van der Waals surface area contributed by atoms with E-state index >= 15 is 4.79 Å². The van der Waals surface area contributed by atoms with Crippen molar-refractivity contribution in [1.82, 2.24) is 9.47 Å². The fourth-order valence-corrected chi connectivity index (χ4v) is 13.1. The van der Waals surface area contributed by atoms with Crippen molar-refractivity contribution in [3.8, 4) is 17.2 Å². The number of rotatable bonds is 10. The van der Waals surface area contributed by atoms with Gasteiger partial charge in [0.2, 0.25) is 5.91 Å². The zero-order chi connectivity index (χ0) is 36.8. The smallest absolute Gasteiger partial charge is 0.297 e. The SMILES string of the molecule is COc1ccc([Si](C)(C)[C@@H]2[C@@H](CC(=O)N3CCC[C@H]3CO)O[C@]3(C(=O)N(Cc4ccc(-n5cccc(OC)c5=O)cc4)c4ccccc43)[C@H]2C)cc1. The first-order valence-electron chi connectivity index (χ1n) is 18.0. The summed E-state index contributed by atoms with van der Waals surface area (Å²) in [6, 6.07) is 26.8. The van der Waals surface area contributed by atoms with Crippen LogP contribution in [0.4, 0.5) is 5.69 Å². The molecule has 7 rings (SSSR count). The molecule has 2 amide bonds. The van der Waals surface area contributed by atoms with Gasteiger partial charge >= 0.3 is 0 Å². The molecule has 0 bridgehead atoms. The number of methoxy groups -OCH3 is 2. The Morgan fingerprint density at radius 2 is 1.69 bits per heavy atom. The standard InChI is InChI=1S/C41H47N3O7Si/c1-27-38(52(4,5)32-20-18-31(49-2)19-21-32)36(24-37(46)42-22-8-10-30(42)26-45)51-41(27)33-11-6-7-12-34(33)44(40(41)48)25-28-14-16-29(17-15-28)43-23-9-13-35(50-3)39(43)47/h6-7,9,11-21,23,27,30,36,38,45H,8,10,22,24-26H2,1-5H3/t27-,30-,36+,38-,41+/m0/s1. The van der Waals surface area contributed by atoms with Crippen LogP contribution in [0.5, 0.6) is 11.5 Å². The van der Waals surface area contributed by atoms with E-state index < -0.39 is 19.8 Å². The minimum atomic E-state index is -2.44. The highest BCUT2D eigenvalue weighted by molar-refractivity contribution is 6.91. The summed E-state index contributed by atoms with van der Waals surface area (Å²) < 4.78 is 19.4. The molecule has 5 atom stereocenters. The summed E-state index contributed by atoms with van der Waals surface area (Å²) in [6.45, 7) is 7.59. The van der Waals surface area contributed by atoms with Gasteiger partial charge in [-0.1, -0.05) is 67.7 Å². The van der Waals surface area contributed by atoms with Crippen molar-refractivity contribution in [1.29, 1.82) is 0 Å². The number of nitrogens with zero attached hydrogens (tertiary/aromatic N) is 3. The number of amides is 2. The normalized spacial score (nSPS) is 24.1. The van der Waals surface area contributed by atoms with Gasteiger partial charge in [0.05, 0.1) is 59.7 Å². The number of ether oxygens (including phenoxy) is 3. The molecule has 2 saturated heterocycles. The molecule has 0 radical (unpaired) electrons. The average Bonchev–Trinajstić information content (AvgIpc) is 3.83. The molecule has 2 fully saturated rings. The number of likely N-dealkylation sites (tertiary alicyclic amines) is 1. The average molecular weight is 722 g/mol. The molecule has 10 nitrogen and oxygen atoms in total. The molecule has 1 N–H and O–H groups in total. The van der Waals surface area contributed by atoms with Crippen molar-refractivity contribution < 1.29 is 28.9 Å². The van der Waals surface area contributed by atoms with E-state index in [-0.39, 0.29) is 53.7 Å². The fraction of sp³-hybridized carbons (Fsp3) is 0.390. The molecule has 1 spiro atoms. The summed E-state index contributed by atoms with van der Waals surface area (Å²) in [5.74, 6) is 0.606. The van der Waals surface area contributed by atoms with Gasteiger partial charge in [0.25, 0.3) is 11.5 Å². The number of pyridine rings is 1. The highest BCUT2D eigenvalue weighted by atomic mass is 28.3. The first-order chi connectivity index (χ1) is 25.0. The summed E-state index contributed by atoms with van der Waals surface area (Å²) in [5, 5.41) is 11.2. The second-order valence-corrected chi connectivity index (χ2v) is 19.4. The van der Waals surface area contributed by atoms with Gasteiger partial charge in [-0.2, -0.15) is 0 Å². The number of carbonyl (C=O) groups excluding carboxylic acids is 2. The minimum Gasteiger partial charge on any atom is -0.497 e. The lowest BCUT2D eigenvalue weighted by atomic mass is 9.82. The zero-order valence-corrected chi connectivity index (χ0v) is 31.5. The molecule has 272 valence electrons. The van der Waals surface area contributed by atoms with Crippen LogP contribution in [0.2, 0.25) is 18.6 Å². The quantitative estimate of drug-likeness (QED) is 0.230. The molecular formula is C41H47N3O7Si. The lowest BCUT2D eigenvalue weighted by Crippen LogP contribution is -2.52. The summed E-state index contributed by atoms with van der Waals surface area (Å²) in [6.07, 6.45) is 2.96. The predicted octanol–water partition coefficient (Wildman–Crippen LogP) is 4.99. The highest BCUT2D eigenvalue weighted by Gasteiger charge is 2.66. The number of aromatic nitrogens is 1. The van der Waals surface area contributed by atoms with Crippen LogP contribution >= 0.6 is 0 Å². The van der Waals surface area contributed by atoms with E-state index in [9.17, 15) is 14.7 Å². The Kier molecular flexibility index (Phi) is 9.62. The maximum absolute atomic E-state index is 15.1. The first kappa shape index (κ1) is 35.7. The molecule has 0 unspecified atom stereocenters. The largest absolute Gasteiger partial charge is 0.497 e. The Morgan fingerprint density at radius 3 is 2.38 bits per heavy atom. The third-order valence-electron chi connectivity index (χ3n) is 11.7. The van der Waals surface area contributed by atoms with Crippen molar-refractivity contribution in [3.63, 3.8) is 0 Å². The fourth-order valence-electron chi connectivity index (χ4n) is 9.05. The van der Waals surface area contributed by atoms with Crippen LogP contribution in [0.25, 0.3) is 5.69 Å².